The molecule has 0 aliphatic rings. The Labute approximate surface area is 151 Å². The van der Waals surface area contributed by atoms with E-state index in [0.29, 0.717) is 16.0 Å². The van der Waals surface area contributed by atoms with Gasteiger partial charge in [0.15, 0.2) is 11.8 Å². The normalized spacial score (nSPS) is 10.4. The molecule has 7 nitrogen and oxygen atoms in total. The van der Waals surface area contributed by atoms with Crippen LogP contribution in [0, 0.1) is 0 Å². The summed E-state index contributed by atoms with van der Waals surface area (Å²) in [6.45, 7) is 0. The molecule has 0 spiro atoms. The Hall–Kier alpha value is -3.13. The first-order chi connectivity index (χ1) is 12.0. The smallest absolute Gasteiger partial charge is 0.259 e. The molecule has 0 saturated heterocycles. The number of fused-ring (bicyclic) bond motifs is 1. The molecule has 1 amide bonds. The number of rotatable bonds is 3. The van der Waals surface area contributed by atoms with Crippen LogP contribution >= 0.6 is 15.9 Å². The highest BCUT2D eigenvalue weighted by Gasteiger charge is 2.17. The molecule has 2 aromatic carbocycles. The zero-order valence-electron chi connectivity index (χ0n) is 12.9. The standard InChI is InChI=1S/C17H14BrN5O2/c18-14-11-4-2-1-3-9(11)7-12(15(14)24)16(25)22-10-5-6-13(21-8-10)23-17(19)20/h1-8,24H,(H,22,25)(H4,19,20,21,23). The molecule has 0 aliphatic carbocycles. The maximum atomic E-state index is 12.5. The number of pyridine rings is 1. The molecule has 1 heterocycles. The Balaban J connectivity index is 1.90. The number of carbonyl (C=O) groups excluding carboxylic acids is 1. The van der Waals surface area contributed by atoms with Gasteiger partial charge in [-0.1, -0.05) is 24.3 Å². The van der Waals surface area contributed by atoms with Crippen molar-refractivity contribution in [3.63, 3.8) is 0 Å². The van der Waals surface area contributed by atoms with E-state index in [-0.39, 0.29) is 17.3 Å². The summed E-state index contributed by atoms with van der Waals surface area (Å²) >= 11 is 3.34. The molecule has 0 atom stereocenters. The Kier molecular flexibility index (Phi) is 4.53. The number of nitrogens with zero attached hydrogens (tertiary/aromatic N) is 2. The van der Waals surface area contributed by atoms with Crippen molar-refractivity contribution in [2.75, 3.05) is 5.32 Å². The van der Waals surface area contributed by atoms with Gasteiger partial charge >= 0.3 is 0 Å². The number of guanidine groups is 1. The fourth-order valence-electron chi connectivity index (χ4n) is 2.32. The molecule has 0 unspecified atom stereocenters. The Morgan fingerprint density at radius 1 is 1.20 bits per heavy atom. The van der Waals surface area contributed by atoms with Crippen LogP contribution in [0.4, 0.5) is 11.5 Å². The maximum Gasteiger partial charge on any atom is 0.259 e. The summed E-state index contributed by atoms with van der Waals surface area (Å²) in [6, 6.07) is 12.2. The molecule has 0 saturated carbocycles. The number of phenols is 1. The van der Waals surface area contributed by atoms with Crippen molar-refractivity contribution in [2.24, 2.45) is 16.5 Å². The topological polar surface area (TPSA) is 127 Å². The van der Waals surface area contributed by atoms with Crippen LogP contribution in [0.1, 0.15) is 10.4 Å². The van der Waals surface area contributed by atoms with Gasteiger partial charge in [0, 0.05) is 0 Å². The molecule has 3 aromatic rings. The number of hydrogen-bond donors (Lipinski definition) is 4. The van der Waals surface area contributed by atoms with Gasteiger partial charge in [0.1, 0.15) is 5.75 Å². The summed E-state index contributed by atoms with van der Waals surface area (Å²) < 4.78 is 0.469. The van der Waals surface area contributed by atoms with E-state index in [1.54, 1.807) is 18.2 Å². The minimum Gasteiger partial charge on any atom is -0.506 e. The molecule has 0 aliphatic heterocycles. The van der Waals surface area contributed by atoms with Gasteiger partial charge in [-0.25, -0.2) is 4.98 Å². The van der Waals surface area contributed by atoms with E-state index in [1.807, 2.05) is 24.3 Å². The number of amides is 1. The molecule has 0 radical (unpaired) electrons. The average molecular weight is 400 g/mol. The minimum atomic E-state index is -0.458. The number of aromatic hydroxyl groups is 1. The van der Waals surface area contributed by atoms with E-state index < -0.39 is 5.91 Å². The number of phenolic OH excluding ortho intramolecular Hbond substituents is 1. The van der Waals surface area contributed by atoms with Crippen molar-refractivity contribution in [3.05, 3.63) is 58.7 Å². The number of nitrogens with two attached hydrogens (primary N) is 2. The maximum absolute atomic E-state index is 12.5. The second-order valence-electron chi connectivity index (χ2n) is 5.20. The van der Waals surface area contributed by atoms with Crippen molar-refractivity contribution in [3.8, 4) is 5.75 Å². The number of nitrogens with one attached hydrogen (secondary N) is 1. The van der Waals surface area contributed by atoms with E-state index in [9.17, 15) is 9.90 Å². The van der Waals surface area contributed by atoms with Crippen LogP contribution < -0.4 is 16.8 Å². The average Bonchev–Trinajstić information content (AvgIpc) is 2.59. The van der Waals surface area contributed by atoms with Crippen LogP contribution in [0.15, 0.2) is 58.1 Å². The van der Waals surface area contributed by atoms with Crippen LogP contribution in [0.2, 0.25) is 0 Å². The fraction of sp³-hybridized carbons (Fsp3) is 0. The third kappa shape index (κ3) is 3.53. The Morgan fingerprint density at radius 2 is 1.96 bits per heavy atom. The van der Waals surface area contributed by atoms with E-state index in [4.69, 9.17) is 11.5 Å². The third-order valence-corrected chi connectivity index (χ3v) is 4.26. The summed E-state index contributed by atoms with van der Waals surface area (Å²) in [5.74, 6) is -0.355. The van der Waals surface area contributed by atoms with Gasteiger partial charge in [0.25, 0.3) is 5.91 Å². The number of aliphatic imine (C=N–C) groups is 1. The van der Waals surface area contributed by atoms with E-state index in [1.165, 1.54) is 6.20 Å². The van der Waals surface area contributed by atoms with Crippen LogP contribution in [-0.2, 0) is 0 Å². The highest BCUT2D eigenvalue weighted by molar-refractivity contribution is 9.10. The Bertz CT molecular complexity index is 982. The molecule has 25 heavy (non-hydrogen) atoms. The second-order valence-corrected chi connectivity index (χ2v) is 6.00. The van der Waals surface area contributed by atoms with Gasteiger partial charge in [0.2, 0.25) is 0 Å². The molecule has 1 aromatic heterocycles. The van der Waals surface area contributed by atoms with Crippen molar-refractivity contribution >= 4 is 50.1 Å². The van der Waals surface area contributed by atoms with Crippen LogP contribution in [-0.4, -0.2) is 22.0 Å². The first-order valence-electron chi connectivity index (χ1n) is 7.23. The van der Waals surface area contributed by atoms with E-state index in [0.717, 1.165) is 10.8 Å². The predicted octanol–water partition coefficient (Wildman–Crippen LogP) is 2.86. The van der Waals surface area contributed by atoms with Crippen molar-refractivity contribution in [1.29, 1.82) is 0 Å². The number of carbonyl (C=O) groups is 1. The summed E-state index contributed by atoms with van der Waals surface area (Å²) in [5, 5.41) is 14.6. The van der Waals surface area contributed by atoms with Gasteiger partial charge in [-0.15, -0.1) is 0 Å². The van der Waals surface area contributed by atoms with Crippen LogP contribution in [0.25, 0.3) is 10.8 Å². The fourth-order valence-corrected chi connectivity index (χ4v) is 2.90. The Morgan fingerprint density at radius 3 is 2.64 bits per heavy atom. The van der Waals surface area contributed by atoms with Gasteiger partial charge in [0.05, 0.1) is 21.9 Å². The van der Waals surface area contributed by atoms with Crippen molar-refractivity contribution in [1.82, 2.24) is 4.98 Å². The lowest BCUT2D eigenvalue weighted by Gasteiger charge is -2.10. The summed E-state index contributed by atoms with van der Waals surface area (Å²) in [6.07, 6.45) is 1.42. The predicted molar refractivity (Wildman–Crippen MR) is 101 cm³/mol. The molecule has 0 fully saturated rings. The first kappa shape index (κ1) is 16.7. The van der Waals surface area contributed by atoms with Crippen LogP contribution in [0.3, 0.4) is 0 Å². The minimum absolute atomic E-state index is 0.102. The first-order valence-corrected chi connectivity index (χ1v) is 8.02. The SMILES string of the molecule is NC(N)=Nc1ccc(NC(=O)c2cc3ccccc3c(Br)c2O)cn1. The van der Waals surface area contributed by atoms with Crippen molar-refractivity contribution in [2.45, 2.75) is 0 Å². The largest absolute Gasteiger partial charge is 0.506 e. The molecule has 3 rings (SSSR count). The zero-order chi connectivity index (χ0) is 18.0. The highest BCUT2D eigenvalue weighted by Crippen LogP contribution is 2.36. The van der Waals surface area contributed by atoms with Gasteiger partial charge < -0.3 is 21.9 Å². The second kappa shape index (κ2) is 6.78. The number of anilines is 1. The molecular formula is C17H14BrN5O2. The van der Waals surface area contributed by atoms with Gasteiger partial charge in [-0.05, 0) is 44.9 Å². The summed E-state index contributed by atoms with van der Waals surface area (Å²) in [5.41, 5.74) is 11.2. The number of benzene rings is 2. The molecule has 126 valence electrons. The number of aromatic nitrogens is 1. The van der Waals surface area contributed by atoms with E-state index in [2.05, 4.69) is 31.2 Å². The van der Waals surface area contributed by atoms with Gasteiger partial charge in [-0.2, -0.15) is 4.99 Å². The van der Waals surface area contributed by atoms with E-state index >= 15 is 0 Å². The third-order valence-electron chi connectivity index (χ3n) is 3.45. The molecule has 0 bridgehead atoms. The lowest BCUT2D eigenvalue weighted by Crippen LogP contribution is -2.22. The van der Waals surface area contributed by atoms with Crippen LogP contribution in [0.5, 0.6) is 5.75 Å². The molecular weight excluding hydrogens is 386 g/mol. The number of halogens is 1. The highest BCUT2D eigenvalue weighted by atomic mass is 79.9. The summed E-state index contributed by atoms with van der Waals surface area (Å²) in [7, 11) is 0. The quantitative estimate of drug-likeness (QED) is 0.397. The zero-order valence-corrected chi connectivity index (χ0v) is 14.5. The molecule has 8 heteroatoms. The lowest BCUT2D eigenvalue weighted by molar-refractivity contribution is 0.102. The monoisotopic (exact) mass is 399 g/mol. The summed E-state index contributed by atoms with van der Waals surface area (Å²) in [4.78, 5) is 20.3. The lowest BCUT2D eigenvalue weighted by atomic mass is 10.1. The van der Waals surface area contributed by atoms with Gasteiger partial charge in [-0.3, -0.25) is 4.79 Å². The molecule has 6 N–H and O–H groups in total. The number of hydrogen-bond acceptors (Lipinski definition) is 4. The van der Waals surface area contributed by atoms with Crippen molar-refractivity contribution < 1.29 is 9.90 Å².